The maximum absolute atomic E-state index is 13.8. The lowest BCUT2D eigenvalue weighted by Gasteiger charge is -2.13. The smallest absolute Gasteiger partial charge is 0.267 e. The first-order valence-corrected chi connectivity index (χ1v) is 13.3. The van der Waals surface area contributed by atoms with Crippen LogP contribution in [0.15, 0.2) is 35.2 Å². The number of benzene rings is 2. The molecule has 0 aromatic heterocycles. The highest BCUT2D eigenvalue weighted by Crippen LogP contribution is 2.31. The first kappa shape index (κ1) is 29.1. The summed E-state index contributed by atoms with van der Waals surface area (Å²) in [6.07, 6.45) is 10.4. The van der Waals surface area contributed by atoms with Crippen LogP contribution in [0.1, 0.15) is 81.6 Å². The van der Waals surface area contributed by atoms with Crippen molar-refractivity contribution in [3.8, 4) is 0 Å². The van der Waals surface area contributed by atoms with E-state index in [1.165, 1.54) is 75.3 Å². The number of halogens is 5. The third-order valence-corrected chi connectivity index (χ3v) is 6.43. The van der Waals surface area contributed by atoms with Gasteiger partial charge in [-0.1, -0.05) is 96.0 Å². The molecule has 1 saturated carbocycles. The largest absolute Gasteiger partial charge is 0.288 e. The number of hydrogen-bond donors (Lipinski definition) is 0. The molecule has 2 aromatic rings. The molecule has 0 aliphatic heterocycles. The van der Waals surface area contributed by atoms with Crippen molar-refractivity contribution in [2.75, 3.05) is 0 Å². The van der Waals surface area contributed by atoms with Gasteiger partial charge in [0.25, 0.3) is 9.05 Å². The zero-order valence-corrected chi connectivity index (χ0v) is 20.5. The first-order valence-electron chi connectivity index (χ1n) is 11.0. The Hall–Kier alpha value is -1.93. The van der Waals surface area contributed by atoms with Crippen LogP contribution < -0.4 is 0 Å². The molecule has 1 aliphatic rings. The molecule has 1 aliphatic carbocycles. The zero-order valence-electron chi connectivity index (χ0n) is 18.9. The SMILES string of the molecule is CC.CC1CCCCCCC1.O=C(c1ccccc1)c1c(F)c(F)c(S(=O)(=O)Cl)c(F)c1F. The van der Waals surface area contributed by atoms with Crippen LogP contribution in [-0.4, -0.2) is 14.2 Å². The molecule has 0 N–H and O–H groups in total. The summed E-state index contributed by atoms with van der Waals surface area (Å²) in [6.45, 7) is 6.39. The van der Waals surface area contributed by atoms with Gasteiger partial charge >= 0.3 is 0 Å². The van der Waals surface area contributed by atoms with E-state index >= 15 is 0 Å². The number of rotatable bonds is 3. The van der Waals surface area contributed by atoms with Crippen molar-refractivity contribution in [1.82, 2.24) is 0 Å². The summed E-state index contributed by atoms with van der Waals surface area (Å²) in [5, 5.41) is 0. The Bertz CT molecular complexity index is 991. The second-order valence-corrected chi connectivity index (χ2v) is 10.0. The lowest BCUT2D eigenvalue weighted by atomic mass is 9.93. The summed E-state index contributed by atoms with van der Waals surface area (Å²) < 4.78 is 77.0. The lowest BCUT2D eigenvalue weighted by Crippen LogP contribution is -2.15. The summed E-state index contributed by atoms with van der Waals surface area (Å²) in [5.74, 6) is -9.10. The Morgan fingerprint density at radius 2 is 1.24 bits per heavy atom. The maximum atomic E-state index is 13.8. The molecule has 0 unspecified atom stereocenters. The van der Waals surface area contributed by atoms with E-state index in [0.29, 0.717) is 0 Å². The van der Waals surface area contributed by atoms with Crippen molar-refractivity contribution in [1.29, 1.82) is 0 Å². The molecule has 0 atom stereocenters. The molecule has 1 fully saturated rings. The Kier molecular flexibility index (Phi) is 12.1. The summed E-state index contributed by atoms with van der Waals surface area (Å²) in [6, 6.07) is 6.58. The third-order valence-electron chi connectivity index (χ3n) is 5.12. The molecular weight excluding hydrogens is 480 g/mol. The van der Waals surface area contributed by atoms with E-state index in [2.05, 4.69) is 6.92 Å². The van der Waals surface area contributed by atoms with Crippen LogP contribution in [0.25, 0.3) is 0 Å². The van der Waals surface area contributed by atoms with Crippen molar-refractivity contribution in [3.05, 3.63) is 64.7 Å². The minimum absolute atomic E-state index is 0.236. The molecule has 3 rings (SSSR count). The van der Waals surface area contributed by atoms with Gasteiger partial charge in [-0.15, -0.1) is 0 Å². The summed E-state index contributed by atoms with van der Waals surface area (Å²) >= 11 is 0. The van der Waals surface area contributed by atoms with Crippen molar-refractivity contribution in [2.24, 2.45) is 5.92 Å². The normalized spacial score (nSPS) is 14.7. The Labute approximate surface area is 197 Å². The quantitative estimate of drug-likeness (QED) is 0.184. The van der Waals surface area contributed by atoms with E-state index in [9.17, 15) is 30.8 Å². The highest BCUT2D eigenvalue weighted by molar-refractivity contribution is 8.13. The maximum Gasteiger partial charge on any atom is 0.267 e. The summed E-state index contributed by atoms with van der Waals surface area (Å²) in [4.78, 5) is 9.98. The van der Waals surface area contributed by atoms with Gasteiger partial charge in [0.1, 0.15) is 5.56 Å². The number of hydrogen-bond acceptors (Lipinski definition) is 3. The van der Waals surface area contributed by atoms with E-state index in [1.54, 1.807) is 0 Å². The fourth-order valence-electron chi connectivity index (χ4n) is 3.42. The van der Waals surface area contributed by atoms with Gasteiger partial charge in [-0.3, -0.25) is 4.79 Å². The molecule has 0 heterocycles. The lowest BCUT2D eigenvalue weighted by molar-refractivity contribution is 0.102. The van der Waals surface area contributed by atoms with Crippen LogP contribution >= 0.6 is 10.7 Å². The second-order valence-electron chi connectivity index (χ2n) is 7.54. The van der Waals surface area contributed by atoms with E-state index in [-0.39, 0.29) is 5.56 Å². The molecule has 0 radical (unpaired) electrons. The van der Waals surface area contributed by atoms with Gasteiger partial charge in [0.05, 0.1) is 0 Å². The number of carbonyl (C=O) groups excluding carboxylic acids is 1. The summed E-state index contributed by atoms with van der Waals surface area (Å²) in [5.41, 5.74) is -1.77. The van der Waals surface area contributed by atoms with Crippen LogP contribution in [0.4, 0.5) is 17.6 Å². The van der Waals surface area contributed by atoms with Gasteiger partial charge in [0.15, 0.2) is 33.9 Å². The predicted octanol–water partition coefficient (Wildman–Crippen LogP) is 7.79. The average Bonchev–Trinajstić information content (AvgIpc) is 2.77. The molecule has 0 spiro atoms. The first-order chi connectivity index (χ1) is 15.6. The molecule has 2 aromatic carbocycles. The molecule has 0 bridgehead atoms. The zero-order chi connectivity index (χ0) is 25.2. The molecule has 33 heavy (non-hydrogen) atoms. The van der Waals surface area contributed by atoms with E-state index < -0.39 is 48.6 Å². The number of carbonyl (C=O) groups is 1. The molecule has 0 saturated heterocycles. The van der Waals surface area contributed by atoms with Gasteiger partial charge in [-0.05, 0) is 5.92 Å². The third kappa shape index (κ3) is 8.10. The number of ketones is 1. The van der Waals surface area contributed by atoms with Crippen molar-refractivity contribution < 1.29 is 30.8 Å². The van der Waals surface area contributed by atoms with E-state index in [4.69, 9.17) is 10.7 Å². The topological polar surface area (TPSA) is 51.2 Å². The fraction of sp³-hybridized carbons (Fsp3) is 0.458. The van der Waals surface area contributed by atoms with Crippen molar-refractivity contribution in [2.45, 2.75) is 70.6 Å². The molecule has 3 nitrogen and oxygen atoms in total. The van der Waals surface area contributed by atoms with Gasteiger partial charge in [0, 0.05) is 16.2 Å². The van der Waals surface area contributed by atoms with Gasteiger partial charge in [0.2, 0.25) is 0 Å². The standard InChI is InChI=1S/C13H5ClF4O3S.C9H18.C2H6/c14-22(20,21)13-10(17)8(15)7(9(16)11(13)18)12(19)6-4-2-1-3-5-6;1-9-7-5-3-2-4-6-8-9;1-2/h1-5H;9H,2-8H2,1H3;1-2H3. The highest BCUT2D eigenvalue weighted by Gasteiger charge is 2.34. The van der Waals surface area contributed by atoms with Crippen molar-refractivity contribution >= 4 is 25.5 Å². The van der Waals surface area contributed by atoms with Crippen LogP contribution in [0.5, 0.6) is 0 Å². The molecule has 0 amide bonds. The van der Waals surface area contributed by atoms with E-state index in [0.717, 1.165) is 5.92 Å². The molecule has 184 valence electrons. The average molecular weight is 509 g/mol. The molecule has 9 heteroatoms. The predicted molar refractivity (Wildman–Crippen MR) is 122 cm³/mol. The van der Waals surface area contributed by atoms with Crippen LogP contribution in [0.2, 0.25) is 0 Å². The molecular formula is C24H29ClF4O3S. The van der Waals surface area contributed by atoms with E-state index in [1.807, 2.05) is 13.8 Å². The van der Waals surface area contributed by atoms with Gasteiger partial charge in [-0.2, -0.15) is 0 Å². The highest BCUT2D eigenvalue weighted by atomic mass is 35.7. The minimum Gasteiger partial charge on any atom is -0.288 e. The Morgan fingerprint density at radius 3 is 1.67 bits per heavy atom. The minimum atomic E-state index is -5.09. The van der Waals surface area contributed by atoms with Crippen LogP contribution in [0.3, 0.4) is 0 Å². The van der Waals surface area contributed by atoms with Gasteiger partial charge < -0.3 is 0 Å². The fourth-order valence-corrected chi connectivity index (χ4v) is 4.43. The monoisotopic (exact) mass is 508 g/mol. The summed E-state index contributed by atoms with van der Waals surface area (Å²) in [7, 11) is -0.349. The van der Waals surface area contributed by atoms with Crippen LogP contribution in [0, 0.1) is 29.2 Å². The van der Waals surface area contributed by atoms with Gasteiger partial charge in [-0.25, -0.2) is 26.0 Å². The van der Waals surface area contributed by atoms with Crippen LogP contribution in [-0.2, 0) is 9.05 Å². The second kappa shape index (κ2) is 13.7. The Balaban J connectivity index is 0.000000412. The Morgan fingerprint density at radius 1 is 0.818 bits per heavy atom. The van der Waals surface area contributed by atoms with Crippen molar-refractivity contribution in [3.63, 3.8) is 0 Å².